The highest BCUT2D eigenvalue weighted by molar-refractivity contribution is 8.01. The first-order valence-electron chi connectivity index (χ1n) is 6.08. The van der Waals surface area contributed by atoms with E-state index < -0.39 is 5.97 Å². The van der Waals surface area contributed by atoms with Crippen molar-refractivity contribution in [1.29, 1.82) is 0 Å². The summed E-state index contributed by atoms with van der Waals surface area (Å²) in [4.78, 5) is 24.3. The first-order valence-corrected chi connectivity index (χ1v) is 6.96. The molecule has 1 fully saturated rings. The second-order valence-corrected chi connectivity index (χ2v) is 6.09. The van der Waals surface area contributed by atoms with Gasteiger partial charge in [-0.2, -0.15) is 0 Å². The Morgan fingerprint density at radius 3 is 2.50 bits per heavy atom. The first kappa shape index (κ1) is 13.4. The van der Waals surface area contributed by atoms with Crippen LogP contribution in [0, 0.1) is 0 Å². The van der Waals surface area contributed by atoms with E-state index in [1.54, 1.807) is 11.8 Å². The molecule has 0 bridgehead atoms. The van der Waals surface area contributed by atoms with E-state index in [4.69, 9.17) is 0 Å². The molecule has 6 heteroatoms. The molecule has 0 aromatic carbocycles. The van der Waals surface area contributed by atoms with E-state index in [1.165, 1.54) is 4.90 Å². The fraction of sp³-hybridized carbons (Fsp3) is 0.667. The zero-order valence-corrected chi connectivity index (χ0v) is 11.3. The average molecular weight is 271 g/mol. The van der Waals surface area contributed by atoms with E-state index in [0.29, 0.717) is 12.0 Å². The lowest BCUT2D eigenvalue weighted by Gasteiger charge is -2.51. The van der Waals surface area contributed by atoms with Crippen molar-refractivity contribution < 1.29 is 19.8 Å². The predicted molar refractivity (Wildman–Crippen MR) is 67.9 cm³/mol. The Kier molecular flexibility index (Phi) is 3.42. The van der Waals surface area contributed by atoms with Crippen LogP contribution in [-0.4, -0.2) is 43.7 Å². The second kappa shape index (κ2) is 4.59. The van der Waals surface area contributed by atoms with Gasteiger partial charge in [0.2, 0.25) is 5.91 Å². The number of amides is 1. The maximum absolute atomic E-state index is 11.6. The number of hydrogen-bond acceptors (Lipinski definition) is 4. The van der Waals surface area contributed by atoms with Crippen LogP contribution in [0.1, 0.15) is 33.1 Å². The summed E-state index contributed by atoms with van der Waals surface area (Å²) < 4.78 is -0.357. The van der Waals surface area contributed by atoms with Gasteiger partial charge in [0.1, 0.15) is 5.70 Å². The molecule has 2 N–H and O–H groups in total. The van der Waals surface area contributed by atoms with Crippen molar-refractivity contribution in [1.82, 2.24) is 4.90 Å². The molecule has 2 heterocycles. The number of rotatable bonds is 4. The Labute approximate surface area is 110 Å². The lowest BCUT2D eigenvalue weighted by atomic mass is 9.89. The maximum atomic E-state index is 11.6. The quantitative estimate of drug-likeness (QED) is 0.751. The fourth-order valence-corrected chi connectivity index (χ4v) is 4.45. The molecule has 2 rings (SSSR count). The lowest BCUT2D eigenvalue weighted by Crippen LogP contribution is -2.58. The molecule has 1 saturated heterocycles. The van der Waals surface area contributed by atoms with Gasteiger partial charge in [-0.1, -0.05) is 13.8 Å². The highest BCUT2D eigenvalue weighted by Gasteiger charge is 2.52. The Balaban J connectivity index is 2.57. The zero-order chi connectivity index (χ0) is 13.5. The normalized spacial score (nSPS) is 25.8. The van der Waals surface area contributed by atoms with E-state index in [2.05, 4.69) is 0 Å². The van der Waals surface area contributed by atoms with Gasteiger partial charge in [0.25, 0.3) is 0 Å². The third-order valence-corrected chi connectivity index (χ3v) is 5.77. The number of aliphatic hydroxyl groups is 1. The molecular formula is C12H17NO4S. The molecule has 2 aliphatic rings. The summed E-state index contributed by atoms with van der Waals surface area (Å²) in [6, 6.07) is 0. The summed E-state index contributed by atoms with van der Waals surface area (Å²) in [7, 11) is 0. The van der Waals surface area contributed by atoms with Crippen LogP contribution in [0.25, 0.3) is 0 Å². The molecule has 1 atom stereocenters. The van der Waals surface area contributed by atoms with Gasteiger partial charge >= 0.3 is 5.97 Å². The van der Waals surface area contributed by atoms with Crippen molar-refractivity contribution in [2.24, 2.45) is 0 Å². The minimum atomic E-state index is -1.12. The van der Waals surface area contributed by atoms with E-state index in [-0.39, 0.29) is 28.3 Å². The van der Waals surface area contributed by atoms with Gasteiger partial charge < -0.3 is 10.2 Å². The summed E-state index contributed by atoms with van der Waals surface area (Å²) in [5, 5.41) is 18.8. The first-order chi connectivity index (χ1) is 8.50. The van der Waals surface area contributed by atoms with Gasteiger partial charge in [-0.15, -0.1) is 11.8 Å². The topological polar surface area (TPSA) is 77.8 Å². The molecule has 18 heavy (non-hydrogen) atoms. The molecule has 0 aliphatic carbocycles. The zero-order valence-electron chi connectivity index (χ0n) is 10.5. The summed E-state index contributed by atoms with van der Waals surface area (Å²) in [5.41, 5.74) is 0.482. The van der Waals surface area contributed by atoms with Crippen LogP contribution in [-0.2, 0) is 9.59 Å². The minimum absolute atomic E-state index is 0.00111. The van der Waals surface area contributed by atoms with E-state index in [1.807, 2.05) is 13.8 Å². The molecular weight excluding hydrogens is 254 g/mol. The van der Waals surface area contributed by atoms with Crippen LogP contribution in [0.5, 0.6) is 0 Å². The number of carbonyl (C=O) groups is 2. The number of carbonyl (C=O) groups excluding carboxylic acids is 1. The number of carboxylic acid groups (broad SMARTS) is 1. The number of nitrogens with zero attached hydrogens (tertiary/aromatic N) is 1. The van der Waals surface area contributed by atoms with E-state index in [9.17, 15) is 19.8 Å². The molecule has 1 amide bonds. The standard InChI is InChI=1S/C12H17NO4S/c1-3-12(4-2)7(6-14)10(11(16)17)13-8(15)5-9(13)18-12/h9,14H,3-6H2,1-2H3,(H,16,17)/t9-/m1/s1. The van der Waals surface area contributed by atoms with Crippen molar-refractivity contribution in [2.75, 3.05) is 6.61 Å². The fourth-order valence-electron chi connectivity index (χ4n) is 2.74. The van der Waals surface area contributed by atoms with Gasteiger partial charge in [0.05, 0.1) is 18.4 Å². The van der Waals surface area contributed by atoms with Crippen molar-refractivity contribution in [3.8, 4) is 0 Å². The molecule has 0 aromatic heterocycles. The van der Waals surface area contributed by atoms with Gasteiger partial charge in [-0.25, -0.2) is 4.79 Å². The van der Waals surface area contributed by atoms with E-state index >= 15 is 0 Å². The van der Waals surface area contributed by atoms with Gasteiger partial charge in [0, 0.05) is 10.3 Å². The van der Waals surface area contributed by atoms with Crippen molar-refractivity contribution in [3.63, 3.8) is 0 Å². The highest BCUT2D eigenvalue weighted by Crippen LogP contribution is 2.52. The Morgan fingerprint density at radius 2 is 2.11 bits per heavy atom. The van der Waals surface area contributed by atoms with Gasteiger partial charge in [-0.05, 0) is 12.8 Å². The lowest BCUT2D eigenvalue weighted by molar-refractivity contribution is -0.146. The SMILES string of the molecule is CCC1(CC)S[C@@H]2CC(=O)N2C(C(=O)O)=C1CO. The number of aliphatic carboxylic acids is 1. The van der Waals surface area contributed by atoms with Crippen LogP contribution in [0.3, 0.4) is 0 Å². The Hall–Kier alpha value is -1.01. The summed E-state index contributed by atoms with van der Waals surface area (Å²) in [6.07, 6.45) is 1.89. The number of hydrogen-bond donors (Lipinski definition) is 2. The smallest absolute Gasteiger partial charge is 0.352 e. The van der Waals surface area contributed by atoms with Crippen LogP contribution >= 0.6 is 11.8 Å². The van der Waals surface area contributed by atoms with Crippen molar-refractivity contribution in [3.05, 3.63) is 11.3 Å². The molecule has 0 saturated carbocycles. The second-order valence-electron chi connectivity index (χ2n) is 4.53. The summed E-state index contributed by atoms with van der Waals surface area (Å²) in [5.74, 6) is -1.29. The summed E-state index contributed by atoms with van der Waals surface area (Å²) >= 11 is 1.61. The molecule has 100 valence electrons. The van der Waals surface area contributed by atoms with Gasteiger partial charge in [0.15, 0.2) is 0 Å². The number of aliphatic hydroxyl groups excluding tert-OH is 1. The molecule has 0 spiro atoms. The third kappa shape index (κ3) is 1.66. The number of fused-ring (bicyclic) bond motifs is 1. The molecule has 0 aromatic rings. The van der Waals surface area contributed by atoms with Crippen LogP contribution in [0.15, 0.2) is 11.3 Å². The molecule has 5 nitrogen and oxygen atoms in total. The summed E-state index contributed by atoms with van der Waals surface area (Å²) in [6.45, 7) is 3.66. The maximum Gasteiger partial charge on any atom is 0.352 e. The number of carboxylic acids is 1. The van der Waals surface area contributed by atoms with Crippen LogP contribution in [0.2, 0.25) is 0 Å². The Bertz CT molecular complexity index is 428. The highest BCUT2D eigenvalue weighted by atomic mass is 32.2. The number of thioether (sulfide) groups is 1. The number of β-lactam (4-membered cyclic amide) rings is 1. The Morgan fingerprint density at radius 1 is 1.50 bits per heavy atom. The molecule has 0 radical (unpaired) electrons. The van der Waals surface area contributed by atoms with E-state index in [0.717, 1.165) is 12.8 Å². The van der Waals surface area contributed by atoms with Crippen molar-refractivity contribution >= 4 is 23.6 Å². The minimum Gasteiger partial charge on any atom is -0.477 e. The molecule has 2 aliphatic heterocycles. The van der Waals surface area contributed by atoms with Crippen molar-refractivity contribution in [2.45, 2.75) is 43.2 Å². The average Bonchev–Trinajstić information content (AvgIpc) is 2.35. The third-order valence-electron chi connectivity index (χ3n) is 3.85. The van der Waals surface area contributed by atoms with Gasteiger partial charge in [-0.3, -0.25) is 9.69 Å². The predicted octanol–water partition coefficient (Wildman–Crippen LogP) is 1.18. The van der Waals surface area contributed by atoms with Crippen LogP contribution in [0.4, 0.5) is 0 Å². The largest absolute Gasteiger partial charge is 0.477 e. The van der Waals surface area contributed by atoms with Crippen LogP contribution < -0.4 is 0 Å². The monoisotopic (exact) mass is 271 g/mol. The molecule has 0 unspecified atom stereocenters.